The van der Waals surface area contributed by atoms with Gasteiger partial charge in [0.25, 0.3) is 0 Å². The Hall–Kier alpha value is -1.69. The second-order valence-corrected chi connectivity index (χ2v) is 7.67. The molecule has 1 aliphatic rings. The van der Waals surface area contributed by atoms with Crippen LogP contribution < -0.4 is 0 Å². The van der Waals surface area contributed by atoms with Crippen LogP contribution in [0, 0.1) is 26.7 Å². The third-order valence-corrected chi connectivity index (χ3v) is 5.88. The average molecular weight is 347 g/mol. The van der Waals surface area contributed by atoms with Crippen LogP contribution in [0.1, 0.15) is 59.9 Å². The van der Waals surface area contributed by atoms with Crippen molar-refractivity contribution in [3.05, 3.63) is 33.1 Å². The molecule has 1 saturated heterocycles. The molecule has 1 aliphatic heterocycles. The normalized spacial score (nSPS) is 19.5. The lowest BCUT2D eigenvalue weighted by molar-refractivity contribution is -0.139. The molecular formula is C18H25N3O2S. The van der Waals surface area contributed by atoms with Gasteiger partial charge in [0, 0.05) is 29.1 Å². The average Bonchev–Trinajstić information content (AvgIpc) is 3.14. The van der Waals surface area contributed by atoms with E-state index in [2.05, 4.69) is 15.5 Å². The molecule has 0 spiro atoms. The van der Waals surface area contributed by atoms with Crippen molar-refractivity contribution in [1.29, 1.82) is 0 Å². The standard InChI is InChI=1S/C18H25N3O2S/c1-11(9-15-13(3)20-23-14(15)4)18(22)21-8-6-5-7-16(21)17-19-12(2)10-24-17/h10-11,16H,5-9H2,1-4H3/t11-,16+/m0/s1. The fraction of sp³-hybridized carbons (Fsp3) is 0.611. The van der Waals surface area contributed by atoms with Gasteiger partial charge in [-0.3, -0.25) is 4.79 Å². The molecule has 0 saturated carbocycles. The van der Waals surface area contributed by atoms with E-state index < -0.39 is 0 Å². The Labute approximate surface area is 147 Å². The van der Waals surface area contributed by atoms with Gasteiger partial charge in [-0.05, 0) is 46.5 Å². The molecule has 130 valence electrons. The Kier molecular flexibility index (Phi) is 5.04. The topological polar surface area (TPSA) is 59.2 Å². The van der Waals surface area contributed by atoms with Gasteiger partial charge < -0.3 is 9.42 Å². The highest BCUT2D eigenvalue weighted by Crippen LogP contribution is 2.34. The Balaban J connectivity index is 1.76. The number of hydrogen-bond donors (Lipinski definition) is 0. The van der Waals surface area contributed by atoms with Gasteiger partial charge in [0.1, 0.15) is 10.8 Å². The van der Waals surface area contributed by atoms with E-state index in [0.29, 0.717) is 6.42 Å². The van der Waals surface area contributed by atoms with Crippen LogP contribution in [0.15, 0.2) is 9.90 Å². The highest BCUT2D eigenvalue weighted by molar-refractivity contribution is 7.09. The van der Waals surface area contributed by atoms with Gasteiger partial charge >= 0.3 is 0 Å². The van der Waals surface area contributed by atoms with E-state index in [1.54, 1.807) is 11.3 Å². The van der Waals surface area contributed by atoms with Crippen LogP contribution in [0.2, 0.25) is 0 Å². The van der Waals surface area contributed by atoms with Crippen LogP contribution in [0.25, 0.3) is 0 Å². The van der Waals surface area contributed by atoms with E-state index in [4.69, 9.17) is 4.52 Å². The number of aryl methyl sites for hydroxylation is 3. The van der Waals surface area contributed by atoms with Crippen molar-refractivity contribution in [3.8, 4) is 0 Å². The predicted octanol–water partition coefficient (Wildman–Crippen LogP) is 3.99. The lowest BCUT2D eigenvalue weighted by Crippen LogP contribution is -2.41. The van der Waals surface area contributed by atoms with E-state index in [1.807, 2.05) is 32.6 Å². The molecule has 2 aromatic heterocycles. The summed E-state index contributed by atoms with van der Waals surface area (Å²) >= 11 is 1.67. The Morgan fingerprint density at radius 1 is 1.42 bits per heavy atom. The molecular weight excluding hydrogens is 322 g/mol. The quantitative estimate of drug-likeness (QED) is 0.839. The van der Waals surface area contributed by atoms with Gasteiger partial charge in [-0.15, -0.1) is 11.3 Å². The summed E-state index contributed by atoms with van der Waals surface area (Å²) in [6.07, 6.45) is 3.92. The monoisotopic (exact) mass is 347 g/mol. The molecule has 0 unspecified atom stereocenters. The van der Waals surface area contributed by atoms with Crippen LogP contribution in [0.5, 0.6) is 0 Å². The van der Waals surface area contributed by atoms with Gasteiger partial charge in [0.15, 0.2) is 0 Å². The molecule has 6 heteroatoms. The minimum Gasteiger partial charge on any atom is -0.361 e. The van der Waals surface area contributed by atoms with Gasteiger partial charge in [-0.1, -0.05) is 12.1 Å². The molecule has 0 N–H and O–H groups in total. The van der Waals surface area contributed by atoms with Crippen LogP contribution >= 0.6 is 11.3 Å². The smallest absolute Gasteiger partial charge is 0.226 e. The van der Waals surface area contributed by atoms with Crippen molar-refractivity contribution in [2.45, 2.75) is 59.4 Å². The highest BCUT2D eigenvalue weighted by atomic mass is 32.1. The number of likely N-dealkylation sites (tertiary alicyclic amines) is 1. The van der Waals surface area contributed by atoms with E-state index in [9.17, 15) is 4.79 Å². The fourth-order valence-electron chi connectivity index (χ4n) is 3.45. The first-order chi connectivity index (χ1) is 11.5. The number of hydrogen-bond acceptors (Lipinski definition) is 5. The predicted molar refractivity (Wildman–Crippen MR) is 94.0 cm³/mol. The van der Waals surface area contributed by atoms with Crippen molar-refractivity contribution in [3.63, 3.8) is 0 Å². The van der Waals surface area contributed by atoms with E-state index in [0.717, 1.165) is 53.5 Å². The Bertz CT molecular complexity index is 702. The summed E-state index contributed by atoms with van der Waals surface area (Å²) in [6, 6.07) is 0.136. The van der Waals surface area contributed by atoms with Crippen molar-refractivity contribution in [1.82, 2.24) is 15.0 Å². The minimum absolute atomic E-state index is 0.0801. The maximum atomic E-state index is 13.1. The lowest BCUT2D eigenvalue weighted by atomic mass is 9.95. The zero-order chi connectivity index (χ0) is 17.3. The number of rotatable bonds is 4. The summed E-state index contributed by atoms with van der Waals surface area (Å²) in [4.78, 5) is 19.8. The van der Waals surface area contributed by atoms with Gasteiger partial charge in [-0.2, -0.15) is 0 Å². The molecule has 5 nitrogen and oxygen atoms in total. The van der Waals surface area contributed by atoms with Gasteiger partial charge in [0.05, 0.1) is 11.7 Å². The van der Waals surface area contributed by atoms with Crippen LogP contribution in [-0.4, -0.2) is 27.5 Å². The molecule has 0 bridgehead atoms. The van der Waals surface area contributed by atoms with E-state index in [-0.39, 0.29) is 17.9 Å². The van der Waals surface area contributed by atoms with Crippen molar-refractivity contribution >= 4 is 17.2 Å². The van der Waals surface area contributed by atoms with Gasteiger partial charge in [-0.25, -0.2) is 4.98 Å². The number of piperidine rings is 1. The largest absolute Gasteiger partial charge is 0.361 e. The number of carbonyl (C=O) groups is 1. The maximum absolute atomic E-state index is 13.1. The second kappa shape index (κ2) is 7.05. The summed E-state index contributed by atoms with van der Waals surface area (Å²) in [7, 11) is 0. The van der Waals surface area contributed by atoms with Crippen molar-refractivity contribution in [2.75, 3.05) is 6.54 Å². The molecule has 24 heavy (non-hydrogen) atoms. The molecule has 2 atom stereocenters. The van der Waals surface area contributed by atoms with Crippen LogP contribution in [0.4, 0.5) is 0 Å². The Morgan fingerprint density at radius 3 is 2.83 bits per heavy atom. The van der Waals surface area contributed by atoms with E-state index in [1.165, 1.54) is 0 Å². The summed E-state index contributed by atoms with van der Waals surface area (Å²) in [5.41, 5.74) is 2.99. The molecule has 2 aromatic rings. The summed E-state index contributed by atoms with van der Waals surface area (Å²) < 4.78 is 5.23. The SMILES string of the molecule is Cc1csc([C@H]2CCCCN2C(=O)[C@@H](C)Cc2c(C)noc2C)n1. The first kappa shape index (κ1) is 17.1. The number of amides is 1. The molecule has 3 rings (SSSR count). The summed E-state index contributed by atoms with van der Waals surface area (Å²) in [6.45, 7) is 8.69. The number of aromatic nitrogens is 2. The first-order valence-corrected chi connectivity index (χ1v) is 9.49. The zero-order valence-corrected chi connectivity index (χ0v) is 15.7. The molecule has 0 aromatic carbocycles. The Morgan fingerprint density at radius 2 is 2.21 bits per heavy atom. The third kappa shape index (κ3) is 3.38. The van der Waals surface area contributed by atoms with E-state index >= 15 is 0 Å². The number of nitrogens with zero attached hydrogens (tertiary/aromatic N) is 3. The van der Waals surface area contributed by atoms with Crippen LogP contribution in [-0.2, 0) is 11.2 Å². The zero-order valence-electron chi connectivity index (χ0n) is 14.8. The minimum atomic E-state index is -0.0801. The van der Waals surface area contributed by atoms with Crippen molar-refractivity contribution < 1.29 is 9.32 Å². The summed E-state index contributed by atoms with van der Waals surface area (Å²) in [5, 5.41) is 7.14. The van der Waals surface area contributed by atoms with Gasteiger partial charge in [0.2, 0.25) is 5.91 Å². The highest BCUT2D eigenvalue weighted by Gasteiger charge is 2.32. The molecule has 1 amide bonds. The molecule has 1 fully saturated rings. The second-order valence-electron chi connectivity index (χ2n) is 6.78. The lowest BCUT2D eigenvalue weighted by Gasteiger charge is -2.36. The fourth-order valence-corrected chi connectivity index (χ4v) is 4.39. The van der Waals surface area contributed by atoms with Crippen LogP contribution in [0.3, 0.4) is 0 Å². The molecule has 0 radical (unpaired) electrons. The summed E-state index contributed by atoms with van der Waals surface area (Å²) in [5.74, 6) is 0.953. The third-order valence-electron chi connectivity index (χ3n) is 4.82. The maximum Gasteiger partial charge on any atom is 0.226 e. The molecule has 3 heterocycles. The number of thiazole rings is 1. The van der Waals surface area contributed by atoms with Crippen molar-refractivity contribution in [2.24, 2.45) is 5.92 Å². The molecule has 0 aliphatic carbocycles. The number of carbonyl (C=O) groups excluding carboxylic acids is 1. The first-order valence-electron chi connectivity index (χ1n) is 8.61.